The van der Waals surface area contributed by atoms with E-state index in [1.54, 1.807) is 28.4 Å². The zero-order valence-corrected chi connectivity index (χ0v) is 14.0. The number of methoxy groups -OCH3 is 4. The smallest absolute Gasteiger partial charge is 0.203 e. The van der Waals surface area contributed by atoms with Gasteiger partial charge in [0.25, 0.3) is 0 Å². The molecule has 124 valence electrons. The first-order valence-corrected chi connectivity index (χ1v) is 7.38. The van der Waals surface area contributed by atoms with Crippen LogP contribution in [0.2, 0.25) is 0 Å². The maximum atomic E-state index is 5.35. The van der Waals surface area contributed by atoms with Gasteiger partial charge in [-0.15, -0.1) is 0 Å². The molecule has 1 N–H and O–H groups in total. The maximum absolute atomic E-state index is 5.35. The van der Waals surface area contributed by atoms with Gasteiger partial charge in [-0.1, -0.05) is 12.1 Å². The second-order valence-corrected chi connectivity index (χ2v) is 4.94. The van der Waals surface area contributed by atoms with Crippen LogP contribution in [-0.2, 0) is 6.42 Å². The molecule has 0 aliphatic rings. The third kappa shape index (κ3) is 4.22. The van der Waals surface area contributed by atoms with Gasteiger partial charge in [-0.3, -0.25) is 0 Å². The molecule has 2 aromatic carbocycles. The predicted molar refractivity (Wildman–Crippen MR) is 91.3 cm³/mol. The van der Waals surface area contributed by atoms with Gasteiger partial charge in [-0.05, 0) is 24.1 Å². The standard InChI is InChI=1S/C18H23NO4/c1-20-15-7-5-6-13(10-15)8-9-19-14-11-16(21-2)18(23-4)17(12-14)22-3/h5-7,10-12,19H,8-9H2,1-4H3. The molecular formula is C18H23NO4. The lowest BCUT2D eigenvalue weighted by Gasteiger charge is -2.15. The van der Waals surface area contributed by atoms with Gasteiger partial charge < -0.3 is 24.3 Å². The Hall–Kier alpha value is -2.56. The van der Waals surface area contributed by atoms with Crippen molar-refractivity contribution in [2.75, 3.05) is 40.3 Å². The molecule has 0 aliphatic heterocycles. The first-order chi connectivity index (χ1) is 11.2. The van der Waals surface area contributed by atoms with Crippen LogP contribution < -0.4 is 24.3 Å². The van der Waals surface area contributed by atoms with Gasteiger partial charge in [0.05, 0.1) is 28.4 Å². The monoisotopic (exact) mass is 317 g/mol. The SMILES string of the molecule is COc1cccc(CCNc2cc(OC)c(OC)c(OC)c2)c1. The summed E-state index contributed by atoms with van der Waals surface area (Å²) < 4.78 is 21.3. The summed E-state index contributed by atoms with van der Waals surface area (Å²) in [6.07, 6.45) is 0.883. The molecular weight excluding hydrogens is 294 g/mol. The van der Waals surface area contributed by atoms with Gasteiger partial charge in [0.2, 0.25) is 5.75 Å². The van der Waals surface area contributed by atoms with Gasteiger partial charge in [0.15, 0.2) is 11.5 Å². The van der Waals surface area contributed by atoms with Gasteiger partial charge in [-0.2, -0.15) is 0 Å². The Morgan fingerprint density at radius 2 is 1.52 bits per heavy atom. The molecule has 0 atom stereocenters. The van der Waals surface area contributed by atoms with Crippen molar-refractivity contribution in [1.29, 1.82) is 0 Å². The Bertz CT molecular complexity index is 618. The minimum atomic E-state index is 0.591. The molecule has 0 saturated carbocycles. The molecule has 5 nitrogen and oxygen atoms in total. The molecule has 0 saturated heterocycles. The summed E-state index contributed by atoms with van der Waals surface area (Å²) in [6, 6.07) is 11.8. The summed E-state index contributed by atoms with van der Waals surface area (Å²) in [5.74, 6) is 2.73. The predicted octanol–water partition coefficient (Wildman–Crippen LogP) is 3.38. The average molecular weight is 317 g/mol. The Kier molecular flexibility index (Phi) is 5.97. The highest BCUT2D eigenvalue weighted by atomic mass is 16.5. The number of benzene rings is 2. The summed E-state index contributed by atoms with van der Waals surface area (Å²) in [7, 11) is 6.48. The van der Waals surface area contributed by atoms with Gasteiger partial charge in [0, 0.05) is 24.4 Å². The summed E-state index contributed by atoms with van der Waals surface area (Å²) in [5, 5.41) is 3.37. The van der Waals surface area contributed by atoms with Crippen molar-refractivity contribution in [3.63, 3.8) is 0 Å². The minimum absolute atomic E-state index is 0.591. The van der Waals surface area contributed by atoms with Crippen molar-refractivity contribution in [3.8, 4) is 23.0 Å². The Balaban J connectivity index is 2.05. The zero-order valence-electron chi connectivity index (χ0n) is 14.0. The van der Waals surface area contributed by atoms with Gasteiger partial charge >= 0.3 is 0 Å². The van der Waals surface area contributed by atoms with E-state index in [1.165, 1.54) is 5.56 Å². The van der Waals surface area contributed by atoms with E-state index >= 15 is 0 Å². The summed E-state index contributed by atoms with van der Waals surface area (Å²) in [5.41, 5.74) is 2.13. The van der Waals surface area contributed by atoms with Crippen LogP contribution >= 0.6 is 0 Å². The van der Waals surface area contributed by atoms with E-state index in [4.69, 9.17) is 18.9 Å². The molecule has 2 aromatic rings. The topological polar surface area (TPSA) is 49.0 Å². The van der Waals surface area contributed by atoms with Crippen LogP contribution in [0.25, 0.3) is 0 Å². The normalized spacial score (nSPS) is 10.1. The van der Waals surface area contributed by atoms with Crippen molar-refractivity contribution >= 4 is 5.69 Å². The van der Waals surface area contributed by atoms with Crippen LogP contribution in [0.5, 0.6) is 23.0 Å². The summed E-state index contributed by atoms with van der Waals surface area (Å²) in [4.78, 5) is 0. The van der Waals surface area contributed by atoms with Crippen molar-refractivity contribution in [3.05, 3.63) is 42.0 Å². The van der Waals surface area contributed by atoms with Crippen LogP contribution in [-0.4, -0.2) is 35.0 Å². The fraction of sp³-hybridized carbons (Fsp3) is 0.333. The van der Waals surface area contributed by atoms with E-state index in [0.29, 0.717) is 17.2 Å². The number of anilines is 1. The number of hydrogen-bond donors (Lipinski definition) is 1. The number of ether oxygens (including phenoxy) is 4. The Morgan fingerprint density at radius 1 is 0.826 bits per heavy atom. The highest BCUT2D eigenvalue weighted by Crippen LogP contribution is 2.39. The van der Waals surface area contributed by atoms with E-state index in [-0.39, 0.29) is 0 Å². The molecule has 0 aliphatic carbocycles. The molecule has 0 unspecified atom stereocenters. The first kappa shape index (κ1) is 16.8. The maximum Gasteiger partial charge on any atom is 0.203 e. The van der Waals surface area contributed by atoms with E-state index < -0.39 is 0 Å². The van der Waals surface area contributed by atoms with E-state index in [2.05, 4.69) is 11.4 Å². The largest absolute Gasteiger partial charge is 0.497 e. The molecule has 0 aromatic heterocycles. The fourth-order valence-corrected chi connectivity index (χ4v) is 2.36. The molecule has 0 radical (unpaired) electrons. The lowest BCUT2D eigenvalue weighted by Crippen LogP contribution is -2.06. The molecule has 2 rings (SSSR count). The second kappa shape index (κ2) is 8.17. The molecule has 0 spiro atoms. The van der Waals surface area contributed by atoms with Gasteiger partial charge in [-0.25, -0.2) is 0 Å². The molecule has 23 heavy (non-hydrogen) atoms. The van der Waals surface area contributed by atoms with Crippen molar-refractivity contribution in [2.45, 2.75) is 6.42 Å². The molecule has 0 fully saturated rings. The number of hydrogen-bond acceptors (Lipinski definition) is 5. The van der Waals surface area contributed by atoms with Gasteiger partial charge in [0.1, 0.15) is 5.75 Å². The van der Waals surface area contributed by atoms with Crippen molar-refractivity contribution < 1.29 is 18.9 Å². The first-order valence-electron chi connectivity index (χ1n) is 7.38. The summed E-state index contributed by atoms with van der Waals surface area (Å²) >= 11 is 0. The lowest BCUT2D eigenvalue weighted by atomic mass is 10.1. The highest BCUT2D eigenvalue weighted by Gasteiger charge is 2.12. The quantitative estimate of drug-likeness (QED) is 0.809. The minimum Gasteiger partial charge on any atom is -0.497 e. The molecule has 0 bridgehead atoms. The number of nitrogens with one attached hydrogen (secondary N) is 1. The van der Waals surface area contributed by atoms with E-state index in [9.17, 15) is 0 Å². The summed E-state index contributed by atoms with van der Waals surface area (Å²) in [6.45, 7) is 0.784. The van der Waals surface area contributed by atoms with Crippen LogP contribution in [0.1, 0.15) is 5.56 Å². The third-order valence-electron chi connectivity index (χ3n) is 3.54. The van der Waals surface area contributed by atoms with Crippen LogP contribution in [0.4, 0.5) is 5.69 Å². The molecule has 0 amide bonds. The van der Waals surface area contributed by atoms with Crippen LogP contribution in [0, 0.1) is 0 Å². The Morgan fingerprint density at radius 3 is 2.09 bits per heavy atom. The average Bonchev–Trinajstić information content (AvgIpc) is 2.60. The van der Waals surface area contributed by atoms with Crippen LogP contribution in [0.15, 0.2) is 36.4 Å². The fourth-order valence-electron chi connectivity index (χ4n) is 2.36. The molecule has 0 heterocycles. The molecule has 5 heteroatoms. The zero-order chi connectivity index (χ0) is 16.7. The van der Waals surface area contributed by atoms with Crippen molar-refractivity contribution in [2.24, 2.45) is 0 Å². The lowest BCUT2D eigenvalue weighted by molar-refractivity contribution is 0.324. The number of rotatable bonds is 8. The van der Waals surface area contributed by atoms with E-state index in [0.717, 1.165) is 24.4 Å². The Labute approximate surface area is 137 Å². The van der Waals surface area contributed by atoms with E-state index in [1.807, 2.05) is 30.3 Å². The van der Waals surface area contributed by atoms with Crippen molar-refractivity contribution in [1.82, 2.24) is 0 Å². The highest BCUT2D eigenvalue weighted by molar-refractivity contribution is 5.62. The third-order valence-corrected chi connectivity index (χ3v) is 3.54. The van der Waals surface area contributed by atoms with Crippen LogP contribution in [0.3, 0.4) is 0 Å². The second-order valence-electron chi connectivity index (χ2n) is 4.94.